The van der Waals surface area contributed by atoms with Crippen LogP contribution in [0.4, 0.5) is 4.39 Å². The van der Waals surface area contributed by atoms with Crippen LogP contribution in [0.3, 0.4) is 0 Å². The quantitative estimate of drug-likeness (QED) is 0.344. The van der Waals surface area contributed by atoms with Gasteiger partial charge in [0.05, 0.1) is 27.0 Å². The first kappa shape index (κ1) is 24.1. The molecule has 0 saturated heterocycles. The summed E-state index contributed by atoms with van der Waals surface area (Å²) >= 11 is 1.08. The van der Waals surface area contributed by atoms with Gasteiger partial charge in [0.25, 0.3) is 0 Å². The van der Waals surface area contributed by atoms with Crippen LogP contribution in [0.15, 0.2) is 71.9 Å². The third-order valence-corrected chi connectivity index (χ3v) is 6.45. The predicted octanol–water partition coefficient (Wildman–Crippen LogP) is 4.42. The van der Waals surface area contributed by atoms with Gasteiger partial charge in [-0.2, -0.15) is 0 Å². The first-order valence-corrected chi connectivity index (χ1v) is 11.4. The Balaban J connectivity index is 1.91. The Kier molecular flexibility index (Phi) is 7.21. The minimum atomic E-state index is -0.765. The minimum absolute atomic E-state index is 0.208. The monoisotopic (exact) mass is 494 g/mol. The minimum Gasteiger partial charge on any atom is -0.493 e. The van der Waals surface area contributed by atoms with Gasteiger partial charge in [-0.25, -0.2) is 4.39 Å². The second-order valence-corrected chi connectivity index (χ2v) is 8.39. The number of ether oxygens (including phenoxy) is 3. The largest absolute Gasteiger partial charge is 0.493 e. The molecule has 0 radical (unpaired) electrons. The van der Waals surface area contributed by atoms with Crippen LogP contribution in [-0.4, -0.2) is 42.0 Å². The number of carbonyl (C=O) groups excluding carboxylic acids is 1. The Hall–Kier alpha value is -4.05. The number of methoxy groups -OCH3 is 3. The number of nitrogens with two attached hydrogens (primary N) is 1. The summed E-state index contributed by atoms with van der Waals surface area (Å²) in [6.45, 7) is 0. The lowest BCUT2D eigenvalue weighted by Gasteiger charge is -2.17. The van der Waals surface area contributed by atoms with Crippen molar-refractivity contribution < 1.29 is 23.4 Å². The lowest BCUT2D eigenvalue weighted by Crippen LogP contribution is -2.19. The van der Waals surface area contributed by atoms with Crippen LogP contribution in [0.1, 0.15) is 10.8 Å². The first-order chi connectivity index (χ1) is 17.0. The van der Waals surface area contributed by atoms with E-state index in [9.17, 15) is 4.79 Å². The molecule has 4 rings (SSSR count). The lowest BCUT2D eigenvalue weighted by atomic mass is 10.1. The highest BCUT2D eigenvalue weighted by Crippen LogP contribution is 2.43. The van der Waals surface area contributed by atoms with Crippen LogP contribution in [0.5, 0.6) is 17.2 Å². The smallest absolute Gasteiger partial charge is 0.235 e. The Bertz CT molecular complexity index is 1320. The van der Waals surface area contributed by atoms with Gasteiger partial charge in [0.15, 0.2) is 22.5 Å². The van der Waals surface area contributed by atoms with Gasteiger partial charge in [0, 0.05) is 5.56 Å². The van der Waals surface area contributed by atoms with Crippen LogP contribution in [-0.2, 0) is 4.79 Å². The summed E-state index contributed by atoms with van der Waals surface area (Å²) < 4.78 is 32.9. The number of aromatic nitrogens is 3. The van der Waals surface area contributed by atoms with Crippen molar-refractivity contribution in [1.82, 2.24) is 14.8 Å². The Morgan fingerprint density at radius 1 is 0.943 bits per heavy atom. The number of primary amides is 1. The fourth-order valence-corrected chi connectivity index (χ4v) is 4.62. The zero-order chi connectivity index (χ0) is 24.9. The summed E-state index contributed by atoms with van der Waals surface area (Å²) in [5, 5.41) is 8.16. The molecule has 2 N–H and O–H groups in total. The molecule has 1 heterocycles. The van der Waals surface area contributed by atoms with Crippen molar-refractivity contribution in [2.75, 3.05) is 21.3 Å². The van der Waals surface area contributed by atoms with E-state index in [1.54, 1.807) is 47.0 Å². The van der Waals surface area contributed by atoms with Crippen LogP contribution < -0.4 is 19.9 Å². The molecule has 1 amide bonds. The van der Waals surface area contributed by atoms with E-state index < -0.39 is 17.0 Å². The molecule has 0 saturated carbocycles. The van der Waals surface area contributed by atoms with Gasteiger partial charge in [-0.1, -0.05) is 54.2 Å². The number of thioether (sulfide) groups is 1. The molecule has 4 aromatic rings. The lowest BCUT2D eigenvalue weighted by molar-refractivity contribution is -0.117. The molecule has 0 aliphatic heterocycles. The van der Waals surface area contributed by atoms with Gasteiger partial charge < -0.3 is 19.9 Å². The van der Waals surface area contributed by atoms with E-state index in [4.69, 9.17) is 19.9 Å². The molecular formula is C25H23FN4O4S. The summed E-state index contributed by atoms with van der Waals surface area (Å²) in [5.74, 6) is 0.477. The van der Waals surface area contributed by atoms with Gasteiger partial charge in [-0.3, -0.25) is 9.36 Å². The molecule has 1 aromatic heterocycles. The van der Waals surface area contributed by atoms with Crippen molar-refractivity contribution >= 4 is 17.7 Å². The van der Waals surface area contributed by atoms with E-state index >= 15 is 4.39 Å². The third-order valence-electron chi connectivity index (χ3n) is 5.23. The van der Waals surface area contributed by atoms with Gasteiger partial charge in [-0.05, 0) is 29.8 Å². The number of amides is 1. The number of hydrogen-bond donors (Lipinski definition) is 1. The topological polar surface area (TPSA) is 101 Å². The number of halogens is 1. The molecule has 8 nitrogen and oxygen atoms in total. The molecule has 180 valence electrons. The Labute approximate surface area is 205 Å². The molecule has 0 aliphatic carbocycles. The summed E-state index contributed by atoms with van der Waals surface area (Å²) in [6, 6.07) is 18.7. The molecule has 1 atom stereocenters. The highest BCUT2D eigenvalue weighted by Gasteiger charge is 2.27. The second kappa shape index (κ2) is 10.5. The van der Waals surface area contributed by atoms with Crippen molar-refractivity contribution in [3.63, 3.8) is 0 Å². The van der Waals surface area contributed by atoms with E-state index in [1.165, 1.54) is 27.4 Å². The van der Waals surface area contributed by atoms with Gasteiger partial charge >= 0.3 is 0 Å². The van der Waals surface area contributed by atoms with E-state index in [0.29, 0.717) is 34.2 Å². The van der Waals surface area contributed by atoms with E-state index in [-0.39, 0.29) is 10.8 Å². The fourth-order valence-electron chi connectivity index (χ4n) is 3.62. The number of nitrogens with zero attached hydrogens (tertiary/aromatic N) is 3. The molecule has 0 fully saturated rings. The van der Waals surface area contributed by atoms with Crippen molar-refractivity contribution in [3.05, 3.63) is 78.1 Å². The SMILES string of the molecule is COc1cc(-c2nnc(SC(C(N)=O)c3ccccc3)n2-c2ccccc2F)cc(OC)c1OC. The first-order valence-electron chi connectivity index (χ1n) is 10.5. The summed E-state index contributed by atoms with van der Waals surface area (Å²) in [6.07, 6.45) is 0. The van der Waals surface area contributed by atoms with Crippen molar-refractivity contribution in [2.45, 2.75) is 10.4 Å². The molecule has 35 heavy (non-hydrogen) atoms. The Morgan fingerprint density at radius 3 is 2.14 bits per heavy atom. The second-order valence-electron chi connectivity index (χ2n) is 7.32. The van der Waals surface area contributed by atoms with E-state index in [2.05, 4.69) is 10.2 Å². The van der Waals surface area contributed by atoms with Crippen molar-refractivity contribution in [1.29, 1.82) is 0 Å². The van der Waals surface area contributed by atoms with Gasteiger partial charge in [0.1, 0.15) is 11.1 Å². The van der Waals surface area contributed by atoms with E-state index in [1.807, 2.05) is 18.2 Å². The third kappa shape index (κ3) is 4.78. The van der Waals surface area contributed by atoms with Crippen LogP contribution in [0, 0.1) is 5.82 Å². The van der Waals surface area contributed by atoms with Crippen molar-refractivity contribution in [3.8, 4) is 34.3 Å². The molecule has 0 aliphatic rings. The average molecular weight is 495 g/mol. The Morgan fingerprint density at radius 2 is 1.57 bits per heavy atom. The van der Waals surface area contributed by atoms with Crippen LogP contribution in [0.2, 0.25) is 0 Å². The number of hydrogen-bond acceptors (Lipinski definition) is 7. The maximum absolute atomic E-state index is 15.0. The fraction of sp³-hybridized carbons (Fsp3) is 0.160. The molecule has 10 heteroatoms. The molecular weight excluding hydrogens is 471 g/mol. The van der Waals surface area contributed by atoms with E-state index in [0.717, 1.165) is 11.8 Å². The highest BCUT2D eigenvalue weighted by atomic mass is 32.2. The summed E-state index contributed by atoms with van der Waals surface area (Å²) in [7, 11) is 4.51. The van der Waals surface area contributed by atoms with Crippen LogP contribution >= 0.6 is 11.8 Å². The maximum Gasteiger partial charge on any atom is 0.235 e. The number of para-hydroxylation sites is 1. The molecule has 0 spiro atoms. The predicted molar refractivity (Wildman–Crippen MR) is 131 cm³/mol. The number of carbonyl (C=O) groups is 1. The van der Waals surface area contributed by atoms with Gasteiger partial charge in [0.2, 0.25) is 11.7 Å². The van der Waals surface area contributed by atoms with Crippen molar-refractivity contribution in [2.24, 2.45) is 5.73 Å². The zero-order valence-electron chi connectivity index (χ0n) is 19.3. The summed E-state index contributed by atoms with van der Waals surface area (Å²) in [4.78, 5) is 12.4. The van der Waals surface area contributed by atoms with Gasteiger partial charge in [-0.15, -0.1) is 10.2 Å². The highest BCUT2D eigenvalue weighted by molar-refractivity contribution is 8.00. The zero-order valence-corrected chi connectivity index (χ0v) is 20.1. The maximum atomic E-state index is 15.0. The average Bonchev–Trinajstić information content (AvgIpc) is 3.30. The summed E-state index contributed by atoms with van der Waals surface area (Å²) in [5.41, 5.74) is 7.17. The van der Waals surface area contributed by atoms with Crippen LogP contribution in [0.25, 0.3) is 17.1 Å². The molecule has 1 unspecified atom stereocenters. The molecule has 0 bridgehead atoms. The molecule has 3 aromatic carbocycles. The normalized spacial score (nSPS) is 11.7. The number of benzene rings is 3. The standard InChI is InChI=1S/C25H23FN4O4S/c1-32-19-13-16(14-20(33-2)21(19)34-3)24-28-29-25(30(24)18-12-8-7-11-17(18)26)35-22(23(27)31)15-9-5-4-6-10-15/h4-14,22H,1-3H3,(H2,27,31). The number of rotatable bonds is 9.